The van der Waals surface area contributed by atoms with Crippen LogP contribution in [-0.4, -0.2) is 37.2 Å². The highest BCUT2D eigenvalue weighted by atomic mass is 16.6. The van der Waals surface area contributed by atoms with E-state index in [1.54, 1.807) is 0 Å². The van der Waals surface area contributed by atoms with Crippen molar-refractivity contribution in [3.63, 3.8) is 0 Å². The smallest absolute Gasteiger partial charge is 0.306 e. The Hall–Kier alpha value is -1.59. The van der Waals surface area contributed by atoms with Gasteiger partial charge in [-0.2, -0.15) is 0 Å². The van der Waals surface area contributed by atoms with Gasteiger partial charge in [0.15, 0.2) is 6.10 Å². The second-order valence-electron chi connectivity index (χ2n) is 9.29. The third-order valence-electron chi connectivity index (χ3n) is 6.11. The van der Waals surface area contributed by atoms with Gasteiger partial charge in [0.25, 0.3) is 0 Å². The predicted molar refractivity (Wildman–Crippen MR) is 132 cm³/mol. The lowest BCUT2D eigenvalue weighted by Gasteiger charge is -2.34. The summed E-state index contributed by atoms with van der Waals surface area (Å²) in [6.45, 7) is 10.3. The lowest BCUT2D eigenvalue weighted by Crippen LogP contribution is -2.31. The molecule has 0 aromatic carbocycles. The average molecular weight is 471 g/mol. The lowest BCUT2D eigenvalue weighted by molar-refractivity contribution is -0.167. The minimum atomic E-state index is -0.768. The molecule has 0 unspecified atom stereocenters. The van der Waals surface area contributed by atoms with E-state index in [1.807, 2.05) is 13.8 Å². The fraction of sp³-hybridized carbons (Fsp3) is 0.889. The SMILES string of the molecule is CCCCC(CCCC)(CCCC)CCC(=O)OC(COC(=O)CCC)COC(=O)CCC. The Labute approximate surface area is 202 Å². The molecule has 0 aliphatic rings. The van der Waals surface area contributed by atoms with Crippen molar-refractivity contribution in [1.29, 1.82) is 0 Å². The van der Waals surface area contributed by atoms with Crippen LogP contribution in [-0.2, 0) is 28.6 Å². The quantitative estimate of drug-likeness (QED) is 0.134. The molecule has 0 N–H and O–H groups in total. The molecule has 33 heavy (non-hydrogen) atoms. The summed E-state index contributed by atoms with van der Waals surface area (Å²) in [5.41, 5.74) is 0.178. The molecule has 0 aromatic heterocycles. The van der Waals surface area contributed by atoms with E-state index in [-0.39, 0.29) is 36.5 Å². The van der Waals surface area contributed by atoms with E-state index in [1.165, 1.54) is 19.3 Å². The van der Waals surface area contributed by atoms with Crippen molar-refractivity contribution in [1.82, 2.24) is 0 Å². The first kappa shape index (κ1) is 31.4. The molecular weight excluding hydrogens is 420 g/mol. The van der Waals surface area contributed by atoms with Gasteiger partial charge in [-0.15, -0.1) is 0 Å². The van der Waals surface area contributed by atoms with Gasteiger partial charge in [-0.25, -0.2) is 0 Å². The molecular formula is C27H50O6. The van der Waals surface area contributed by atoms with Crippen LogP contribution in [0.5, 0.6) is 0 Å². The van der Waals surface area contributed by atoms with Crippen LogP contribution < -0.4 is 0 Å². The fourth-order valence-corrected chi connectivity index (χ4v) is 4.06. The molecule has 6 nitrogen and oxygen atoms in total. The van der Waals surface area contributed by atoms with E-state index >= 15 is 0 Å². The Bertz CT molecular complexity index is 487. The van der Waals surface area contributed by atoms with Crippen molar-refractivity contribution < 1.29 is 28.6 Å². The molecule has 0 saturated carbocycles. The van der Waals surface area contributed by atoms with Crippen molar-refractivity contribution in [2.75, 3.05) is 13.2 Å². The molecule has 6 heteroatoms. The highest BCUT2D eigenvalue weighted by molar-refractivity contribution is 5.71. The highest BCUT2D eigenvalue weighted by Gasteiger charge is 2.30. The van der Waals surface area contributed by atoms with Crippen LogP contribution in [0.3, 0.4) is 0 Å². The molecule has 194 valence electrons. The molecule has 0 radical (unpaired) electrons. The Balaban J connectivity index is 5.06. The van der Waals surface area contributed by atoms with Gasteiger partial charge < -0.3 is 14.2 Å². The van der Waals surface area contributed by atoms with E-state index in [9.17, 15) is 14.4 Å². The molecule has 0 bridgehead atoms. The van der Waals surface area contributed by atoms with Gasteiger partial charge in [-0.05, 0) is 43.9 Å². The summed E-state index contributed by atoms with van der Waals surface area (Å²) in [7, 11) is 0. The van der Waals surface area contributed by atoms with Crippen molar-refractivity contribution >= 4 is 17.9 Å². The number of rotatable bonds is 21. The summed E-state index contributed by atoms with van der Waals surface area (Å²) in [5.74, 6) is -0.987. The summed E-state index contributed by atoms with van der Waals surface area (Å²) in [4.78, 5) is 36.3. The van der Waals surface area contributed by atoms with E-state index in [2.05, 4.69) is 20.8 Å². The minimum absolute atomic E-state index is 0.0867. The first-order valence-corrected chi connectivity index (χ1v) is 13.4. The van der Waals surface area contributed by atoms with Crippen LogP contribution in [0.25, 0.3) is 0 Å². The molecule has 0 rings (SSSR count). The zero-order valence-corrected chi connectivity index (χ0v) is 22.0. The maximum absolute atomic E-state index is 12.8. The molecule has 0 atom stereocenters. The van der Waals surface area contributed by atoms with E-state index < -0.39 is 6.10 Å². The van der Waals surface area contributed by atoms with E-state index in [4.69, 9.17) is 14.2 Å². The van der Waals surface area contributed by atoms with Crippen LogP contribution >= 0.6 is 0 Å². The van der Waals surface area contributed by atoms with Crippen molar-refractivity contribution in [2.24, 2.45) is 5.41 Å². The van der Waals surface area contributed by atoms with Gasteiger partial charge in [-0.1, -0.05) is 73.1 Å². The van der Waals surface area contributed by atoms with Gasteiger partial charge in [0.1, 0.15) is 13.2 Å². The number of ether oxygens (including phenoxy) is 3. The molecule has 0 amide bonds. The highest BCUT2D eigenvalue weighted by Crippen LogP contribution is 2.41. The maximum atomic E-state index is 12.8. The standard InChI is InChI=1S/C27H50O6/c1-6-11-17-27(18-12-7-2,19-13-8-3)20-16-26(30)33-23(21-31-24(28)14-9-4)22-32-25(29)15-10-5/h23H,6-22H2,1-5H3. The summed E-state index contributed by atoms with van der Waals surface area (Å²) in [5, 5.41) is 0. The number of carbonyl (C=O) groups excluding carboxylic acids is 3. The minimum Gasteiger partial charge on any atom is -0.462 e. The van der Waals surface area contributed by atoms with Gasteiger partial charge >= 0.3 is 17.9 Å². The van der Waals surface area contributed by atoms with Crippen LogP contribution in [0.4, 0.5) is 0 Å². The Morgan fingerprint density at radius 2 is 1.00 bits per heavy atom. The van der Waals surface area contributed by atoms with Crippen LogP contribution in [0.15, 0.2) is 0 Å². The molecule has 0 fully saturated rings. The Kier molecular flexibility index (Phi) is 18.9. The van der Waals surface area contributed by atoms with Gasteiger partial charge in [0.05, 0.1) is 0 Å². The van der Waals surface area contributed by atoms with E-state index in [0.29, 0.717) is 32.1 Å². The predicted octanol–water partition coefficient (Wildman–Crippen LogP) is 6.92. The monoisotopic (exact) mass is 470 g/mol. The van der Waals surface area contributed by atoms with Crippen LogP contribution in [0.1, 0.15) is 131 Å². The van der Waals surface area contributed by atoms with Crippen molar-refractivity contribution in [3.8, 4) is 0 Å². The summed E-state index contributed by atoms with van der Waals surface area (Å²) in [6, 6.07) is 0. The largest absolute Gasteiger partial charge is 0.462 e. The van der Waals surface area contributed by atoms with Crippen LogP contribution in [0.2, 0.25) is 0 Å². The fourth-order valence-electron chi connectivity index (χ4n) is 4.06. The van der Waals surface area contributed by atoms with E-state index in [0.717, 1.165) is 44.9 Å². The number of hydrogen-bond acceptors (Lipinski definition) is 6. The summed E-state index contributed by atoms with van der Waals surface area (Å²) < 4.78 is 16.1. The molecule has 0 spiro atoms. The third kappa shape index (κ3) is 15.8. The lowest BCUT2D eigenvalue weighted by atomic mass is 9.71. The van der Waals surface area contributed by atoms with Crippen LogP contribution in [0, 0.1) is 5.41 Å². The molecule has 0 aliphatic heterocycles. The Morgan fingerprint density at radius 1 is 0.576 bits per heavy atom. The molecule has 0 heterocycles. The first-order chi connectivity index (χ1) is 15.9. The van der Waals surface area contributed by atoms with Gasteiger partial charge in [0.2, 0.25) is 0 Å². The number of esters is 3. The van der Waals surface area contributed by atoms with Gasteiger partial charge in [-0.3, -0.25) is 14.4 Å². The molecule has 0 saturated heterocycles. The number of carbonyl (C=O) groups is 3. The number of unbranched alkanes of at least 4 members (excludes halogenated alkanes) is 3. The Morgan fingerprint density at radius 3 is 1.36 bits per heavy atom. The second kappa shape index (κ2) is 19.8. The normalized spacial score (nSPS) is 11.5. The average Bonchev–Trinajstić information content (AvgIpc) is 2.80. The summed E-state index contributed by atoms with van der Waals surface area (Å²) >= 11 is 0. The van der Waals surface area contributed by atoms with Crippen molar-refractivity contribution in [2.45, 2.75) is 137 Å². The molecule has 0 aliphatic carbocycles. The molecule has 0 aromatic rings. The first-order valence-electron chi connectivity index (χ1n) is 13.4. The van der Waals surface area contributed by atoms with Crippen molar-refractivity contribution in [3.05, 3.63) is 0 Å². The topological polar surface area (TPSA) is 78.9 Å². The summed E-state index contributed by atoms with van der Waals surface area (Å²) in [6.07, 6.45) is 12.8. The number of hydrogen-bond donors (Lipinski definition) is 0. The maximum Gasteiger partial charge on any atom is 0.306 e. The van der Waals surface area contributed by atoms with Gasteiger partial charge in [0, 0.05) is 19.3 Å². The third-order valence-corrected chi connectivity index (χ3v) is 6.11. The zero-order chi connectivity index (χ0) is 25.0. The zero-order valence-electron chi connectivity index (χ0n) is 22.0. The second-order valence-corrected chi connectivity index (χ2v) is 9.29.